The molecule has 0 atom stereocenters. The number of rotatable bonds is 4. The predicted octanol–water partition coefficient (Wildman–Crippen LogP) is 1.17. The molecule has 1 aliphatic rings. The van der Waals surface area contributed by atoms with Crippen LogP contribution in [0.3, 0.4) is 0 Å². The molecule has 2 rings (SSSR count). The molecule has 20 heavy (non-hydrogen) atoms. The maximum absolute atomic E-state index is 12.2. The number of nitrogens with one attached hydrogen (secondary N) is 1. The Bertz CT molecular complexity index is 467. The van der Waals surface area contributed by atoms with Gasteiger partial charge in [0.05, 0.1) is 6.54 Å². The molecular weight excluding hydrogens is 250 g/mol. The van der Waals surface area contributed by atoms with E-state index in [9.17, 15) is 4.79 Å². The highest BCUT2D eigenvalue weighted by atomic mass is 16.2. The minimum atomic E-state index is 0.234. The Kier molecular flexibility index (Phi) is 5.15. The first-order chi connectivity index (χ1) is 9.56. The molecule has 1 amide bonds. The molecule has 1 aromatic carbocycles. The molecule has 0 spiro atoms. The number of likely N-dealkylation sites (N-methyl/N-ethyl adjacent to an activating group) is 1. The number of carbonyl (C=O) groups excluding carboxylic acids is 1. The van der Waals surface area contributed by atoms with Crippen LogP contribution in [-0.4, -0.2) is 55.5 Å². The second-order valence-electron chi connectivity index (χ2n) is 5.72. The number of nitrogens with zero attached hydrogens (tertiary/aromatic N) is 2. The van der Waals surface area contributed by atoms with Gasteiger partial charge in [0.1, 0.15) is 0 Å². The van der Waals surface area contributed by atoms with Crippen LogP contribution in [0.25, 0.3) is 0 Å². The van der Waals surface area contributed by atoms with Gasteiger partial charge in [0.15, 0.2) is 0 Å². The second kappa shape index (κ2) is 6.86. The third-order valence-corrected chi connectivity index (χ3v) is 3.90. The largest absolute Gasteiger partial charge is 0.339 e. The topological polar surface area (TPSA) is 35.6 Å². The summed E-state index contributed by atoms with van der Waals surface area (Å²) in [5, 5.41) is 3.27. The van der Waals surface area contributed by atoms with Gasteiger partial charge in [0.2, 0.25) is 5.91 Å². The van der Waals surface area contributed by atoms with Gasteiger partial charge in [0, 0.05) is 32.7 Å². The van der Waals surface area contributed by atoms with Crippen LogP contribution in [0.2, 0.25) is 0 Å². The van der Waals surface area contributed by atoms with E-state index in [2.05, 4.69) is 42.3 Å². The normalized spacial score (nSPS) is 15.7. The van der Waals surface area contributed by atoms with Crippen LogP contribution in [0.4, 0.5) is 0 Å². The number of piperazine rings is 1. The highest BCUT2D eigenvalue weighted by Crippen LogP contribution is 2.11. The van der Waals surface area contributed by atoms with E-state index in [0.29, 0.717) is 6.54 Å². The molecule has 1 aromatic rings. The van der Waals surface area contributed by atoms with Crippen LogP contribution < -0.4 is 5.32 Å². The van der Waals surface area contributed by atoms with Crippen LogP contribution in [0.15, 0.2) is 18.2 Å². The van der Waals surface area contributed by atoms with Crippen LogP contribution >= 0.6 is 0 Å². The summed E-state index contributed by atoms with van der Waals surface area (Å²) in [5.41, 5.74) is 3.89. The number of amides is 1. The number of benzene rings is 1. The fourth-order valence-electron chi connectivity index (χ4n) is 2.51. The lowest BCUT2D eigenvalue weighted by Gasteiger charge is -2.29. The Labute approximate surface area is 121 Å². The first-order valence-corrected chi connectivity index (χ1v) is 7.29. The quantitative estimate of drug-likeness (QED) is 0.896. The van der Waals surface area contributed by atoms with Crippen LogP contribution in [-0.2, 0) is 11.3 Å². The van der Waals surface area contributed by atoms with Crippen LogP contribution in [0.5, 0.6) is 0 Å². The lowest BCUT2D eigenvalue weighted by atomic mass is 10.1. The first kappa shape index (κ1) is 15.0. The molecule has 0 bridgehead atoms. The van der Waals surface area contributed by atoms with Crippen molar-refractivity contribution in [2.45, 2.75) is 20.4 Å². The van der Waals surface area contributed by atoms with Gasteiger partial charge < -0.3 is 10.2 Å². The van der Waals surface area contributed by atoms with Gasteiger partial charge in [-0.3, -0.25) is 9.69 Å². The van der Waals surface area contributed by atoms with Gasteiger partial charge in [-0.15, -0.1) is 0 Å². The zero-order valence-corrected chi connectivity index (χ0v) is 12.8. The van der Waals surface area contributed by atoms with E-state index in [1.54, 1.807) is 0 Å². The molecule has 4 nitrogen and oxygen atoms in total. The third kappa shape index (κ3) is 4.05. The Hall–Kier alpha value is -1.39. The van der Waals surface area contributed by atoms with Crippen LogP contribution in [0, 0.1) is 13.8 Å². The summed E-state index contributed by atoms with van der Waals surface area (Å²) in [6.45, 7) is 9.04. The molecule has 1 heterocycles. The summed E-state index contributed by atoms with van der Waals surface area (Å²) in [6.07, 6.45) is 0. The molecule has 0 unspecified atom stereocenters. The highest BCUT2D eigenvalue weighted by molar-refractivity contribution is 5.78. The maximum atomic E-state index is 12.2. The molecule has 0 saturated carbocycles. The predicted molar refractivity (Wildman–Crippen MR) is 81.7 cm³/mol. The van der Waals surface area contributed by atoms with Crippen molar-refractivity contribution >= 4 is 5.91 Å². The van der Waals surface area contributed by atoms with E-state index >= 15 is 0 Å². The summed E-state index contributed by atoms with van der Waals surface area (Å²) in [7, 11) is 2.01. The third-order valence-electron chi connectivity index (χ3n) is 3.90. The Morgan fingerprint density at radius 3 is 2.60 bits per heavy atom. The van der Waals surface area contributed by atoms with E-state index in [-0.39, 0.29) is 5.91 Å². The van der Waals surface area contributed by atoms with E-state index in [4.69, 9.17) is 0 Å². The molecule has 0 aliphatic carbocycles. The molecule has 1 aliphatic heterocycles. The average Bonchev–Trinajstić information content (AvgIpc) is 2.44. The molecule has 0 radical (unpaired) electrons. The van der Waals surface area contributed by atoms with Crippen molar-refractivity contribution < 1.29 is 4.79 Å². The van der Waals surface area contributed by atoms with Gasteiger partial charge in [-0.2, -0.15) is 0 Å². The van der Waals surface area contributed by atoms with E-state index in [0.717, 1.165) is 32.7 Å². The van der Waals surface area contributed by atoms with Gasteiger partial charge in [-0.25, -0.2) is 0 Å². The summed E-state index contributed by atoms with van der Waals surface area (Å²) in [4.78, 5) is 16.2. The summed E-state index contributed by atoms with van der Waals surface area (Å²) < 4.78 is 0. The molecule has 1 saturated heterocycles. The SMILES string of the molecule is Cc1ccc(CN(C)CC(=O)N2CCNCC2)cc1C. The second-order valence-corrected chi connectivity index (χ2v) is 5.72. The summed E-state index contributed by atoms with van der Waals surface area (Å²) >= 11 is 0. The van der Waals surface area contributed by atoms with Gasteiger partial charge >= 0.3 is 0 Å². The average molecular weight is 275 g/mol. The number of carbonyl (C=O) groups is 1. The minimum Gasteiger partial charge on any atom is -0.339 e. The van der Waals surface area contributed by atoms with Gasteiger partial charge in [-0.1, -0.05) is 18.2 Å². The Morgan fingerprint density at radius 2 is 1.95 bits per heavy atom. The minimum absolute atomic E-state index is 0.234. The molecular formula is C16H25N3O. The lowest BCUT2D eigenvalue weighted by Crippen LogP contribution is -2.49. The van der Waals surface area contributed by atoms with Crippen molar-refractivity contribution in [3.63, 3.8) is 0 Å². The number of hydrogen-bond acceptors (Lipinski definition) is 3. The Morgan fingerprint density at radius 1 is 1.25 bits per heavy atom. The molecule has 0 aromatic heterocycles. The maximum Gasteiger partial charge on any atom is 0.236 e. The zero-order chi connectivity index (χ0) is 14.5. The monoisotopic (exact) mass is 275 g/mol. The Balaban J connectivity index is 1.86. The van der Waals surface area contributed by atoms with Crippen molar-refractivity contribution in [2.24, 2.45) is 0 Å². The van der Waals surface area contributed by atoms with Crippen molar-refractivity contribution in [1.82, 2.24) is 15.1 Å². The summed E-state index contributed by atoms with van der Waals surface area (Å²) in [6, 6.07) is 6.51. The van der Waals surface area contributed by atoms with Crippen molar-refractivity contribution in [3.8, 4) is 0 Å². The number of hydrogen-bond donors (Lipinski definition) is 1. The standard InChI is InChI=1S/C16H25N3O/c1-13-4-5-15(10-14(13)2)11-18(3)12-16(20)19-8-6-17-7-9-19/h4-5,10,17H,6-9,11-12H2,1-3H3. The van der Waals surface area contributed by atoms with Crippen molar-refractivity contribution in [1.29, 1.82) is 0 Å². The molecule has 1 N–H and O–H groups in total. The highest BCUT2D eigenvalue weighted by Gasteiger charge is 2.17. The van der Waals surface area contributed by atoms with Crippen molar-refractivity contribution in [2.75, 3.05) is 39.8 Å². The van der Waals surface area contributed by atoms with Gasteiger partial charge in [0.25, 0.3) is 0 Å². The molecule has 1 fully saturated rings. The van der Waals surface area contributed by atoms with Crippen molar-refractivity contribution in [3.05, 3.63) is 34.9 Å². The van der Waals surface area contributed by atoms with Crippen LogP contribution in [0.1, 0.15) is 16.7 Å². The van der Waals surface area contributed by atoms with E-state index in [1.807, 2.05) is 11.9 Å². The first-order valence-electron chi connectivity index (χ1n) is 7.29. The molecule has 4 heteroatoms. The van der Waals surface area contributed by atoms with Gasteiger partial charge in [-0.05, 0) is 37.6 Å². The lowest BCUT2D eigenvalue weighted by molar-refractivity contribution is -0.132. The van der Waals surface area contributed by atoms with E-state index in [1.165, 1.54) is 16.7 Å². The molecule has 110 valence electrons. The summed E-state index contributed by atoms with van der Waals surface area (Å²) in [5.74, 6) is 0.234. The van der Waals surface area contributed by atoms with E-state index < -0.39 is 0 Å². The fourth-order valence-corrected chi connectivity index (χ4v) is 2.51. The fraction of sp³-hybridized carbons (Fsp3) is 0.562. The smallest absolute Gasteiger partial charge is 0.236 e. The zero-order valence-electron chi connectivity index (χ0n) is 12.8. The number of aryl methyl sites for hydroxylation is 2.